The molecule has 0 atom stereocenters. The number of ether oxygens (including phenoxy) is 1. The number of likely N-dealkylation sites (tertiary alicyclic amines) is 1. The molecule has 8 heteroatoms. The summed E-state index contributed by atoms with van der Waals surface area (Å²) in [7, 11) is -1.28. The molecule has 0 aromatic rings. The molecule has 152 valence electrons. The molecular weight excluding hydrogens is 352 g/mol. The third-order valence-corrected chi connectivity index (χ3v) is 8.03. The van der Waals surface area contributed by atoms with Crippen molar-refractivity contribution in [3.63, 3.8) is 0 Å². The SMILES string of the molecule is CCNC(=NCC1CCN(CCOC)CC1)N1CCS(=O)(=O)C(C)(C)C1. The number of guanidine groups is 1. The molecule has 0 aliphatic carbocycles. The van der Waals surface area contributed by atoms with E-state index in [1.807, 2.05) is 13.8 Å². The topological polar surface area (TPSA) is 74.2 Å². The lowest BCUT2D eigenvalue weighted by molar-refractivity contribution is 0.121. The van der Waals surface area contributed by atoms with E-state index < -0.39 is 14.6 Å². The van der Waals surface area contributed by atoms with E-state index in [0.717, 1.165) is 58.1 Å². The second-order valence-corrected chi connectivity index (χ2v) is 10.7. The average Bonchev–Trinajstić information content (AvgIpc) is 2.60. The van der Waals surface area contributed by atoms with Crippen LogP contribution in [0, 0.1) is 5.92 Å². The summed E-state index contributed by atoms with van der Waals surface area (Å²) >= 11 is 0. The molecule has 0 aromatic carbocycles. The van der Waals surface area contributed by atoms with Gasteiger partial charge in [0.05, 0.1) is 17.1 Å². The van der Waals surface area contributed by atoms with Crippen LogP contribution in [0.1, 0.15) is 33.6 Å². The maximum atomic E-state index is 12.2. The Morgan fingerprint density at radius 3 is 2.54 bits per heavy atom. The largest absolute Gasteiger partial charge is 0.383 e. The van der Waals surface area contributed by atoms with E-state index in [1.165, 1.54) is 0 Å². The van der Waals surface area contributed by atoms with Crippen LogP contribution in [-0.2, 0) is 14.6 Å². The first-order valence-electron chi connectivity index (χ1n) is 9.76. The first-order valence-corrected chi connectivity index (χ1v) is 11.4. The molecule has 0 aromatic heterocycles. The molecule has 0 saturated carbocycles. The van der Waals surface area contributed by atoms with Gasteiger partial charge in [0.1, 0.15) is 0 Å². The molecule has 26 heavy (non-hydrogen) atoms. The number of hydrogen-bond donors (Lipinski definition) is 1. The van der Waals surface area contributed by atoms with Gasteiger partial charge < -0.3 is 19.9 Å². The van der Waals surface area contributed by atoms with Crippen LogP contribution in [0.25, 0.3) is 0 Å². The lowest BCUT2D eigenvalue weighted by Crippen LogP contribution is -2.57. The van der Waals surface area contributed by atoms with Gasteiger partial charge in [-0.1, -0.05) is 0 Å². The highest BCUT2D eigenvalue weighted by Crippen LogP contribution is 2.24. The van der Waals surface area contributed by atoms with Crippen molar-refractivity contribution in [1.29, 1.82) is 0 Å². The van der Waals surface area contributed by atoms with E-state index in [9.17, 15) is 8.42 Å². The van der Waals surface area contributed by atoms with Crippen LogP contribution in [0.2, 0.25) is 0 Å². The molecule has 0 radical (unpaired) electrons. The predicted molar refractivity (Wildman–Crippen MR) is 106 cm³/mol. The summed E-state index contributed by atoms with van der Waals surface area (Å²) in [6.45, 7) is 12.3. The third-order valence-electron chi connectivity index (χ3n) is 5.50. The van der Waals surface area contributed by atoms with Gasteiger partial charge >= 0.3 is 0 Å². The van der Waals surface area contributed by atoms with E-state index in [-0.39, 0.29) is 5.75 Å². The first-order chi connectivity index (χ1) is 12.3. The van der Waals surface area contributed by atoms with Gasteiger partial charge in [-0.25, -0.2) is 8.42 Å². The minimum Gasteiger partial charge on any atom is -0.383 e. The highest BCUT2D eigenvalue weighted by atomic mass is 32.2. The highest BCUT2D eigenvalue weighted by molar-refractivity contribution is 7.92. The van der Waals surface area contributed by atoms with Gasteiger partial charge in [-0.05, 0) is 52.6 Å². The number of sulfone groups is 1. The molecule has 2 saturated heterocycles. The zero-order valence-electron chi connectivity index (χ0n) is 16.8. The van der Waals surface area contributed by atoms with Crippen molar-refractivity contribution >= 4 is 15.8 Å². The molecule has 0 bridgehead atoms. The maximum absolute atomic E-state index is 12.2. The van der Waals surface area contributed by atoms with Crippen molar-refractivity contribution in [1.82, 2.24) is 15.1 Å². The van der Waals surface area contributed by atoms with E-state index in [1.54, 1.807) is 7.11 Å². The van der Waals surface area contributed by atoms with E-state index in [2.05, 4.69) is 22.0 Å². The van der Waals surface area contributed by atoms with Gasteiger partial charge in [0.15, 0.2) is 15.8 Å². The molecule has 2 rings (SSSR count). The summed E-state index contributed by atoms with van der Waals surface area (Å²) in [5.41, 5.74) is 0. The molecule has 0 amide bonds. The normalized spacial score (nSPS) is 24.6. The molecule has 1 N–H and O–H groups in total. The summed E-state index contributed by atoms with van der Waals surface area (Å²) in [4.78, 5) is 9.42. The van der Waals surface area contributed by atoms with Crippen LogP contribution in [0.15, 0.2) is 4.99 Å². The fourth-order valence-electron chi connectivity index (χ4n) is 3.58. The van der Waals surface area contributed by atoms with Crippen molar-refractivity contribution in [2.24, 2.45) is 10.9 Å². The highest BCUT2D eigenvalue weighted by Gasteiger charge is 2.41. The van der Waals surface area contributed by atoms with Crippen LogP contribution in [0.5, 0.6) is 0 Å². The number of rotatable bonds is 6. The van der Waals surface area contributed by atoms with Gasteiger partial charge in [0, 0.05) is 39.8 Å². The smallest absolute Gasteiger partial charge is 0.194 e. The predicted octanol–water partition coefficient (Wildman–Crippen LogP) is 0.819. The Kier molecular flexibility index (Phi) is 7.73. The zero-order valence-corrected chi connectivity index (χ0v) is 17.6. The second kappa shape index (κ2) is 9.37. The Hall–Kier alpha value is -0.860. The molecule has 2 aliphatic heterocycles. The number of nitrogens with one attached hydrogen (secondary N) is 1. The van der Waals surface area contributed by atoms with Gasteiger partial charge in [-0.2, -0.15) is 0 Å². The second-order valence-electron chi connectivity index (χ2n) is 7.97. The molecule has 0 unspecified atom stereocenters. The number of aliphatic imine (C=N–C) groups is 1. The van der Waals surface area contributed by atoms with Crippen LogP contribution in [-0.4, -0.2) is 94.2 Å². The summed E-state index contributed by atoms with van der Waals surface area (Å²) in [6, 6.07) is 0. The van der Waals surface area contributed by atoms with Gasteiger partial charge in [-0.15, -0.1) is 0 Å². The van der Waals surface area contributed by atoms with Crippen LogP contribution < -0.4 is 5.32 Å². The van der Waals surface area contributed by atoms with Gasteiger partial charge in [0.2, 0.25) is 0 Å². The van der Waals surface area contributed by atoms with Crippen molar-refractivity contribution in [2.45, 2.75) is 38.4 Å². The monoisotopic (exact) mass is 388 g/mol. The Bertz CT molecular complexity index is 569. The van der Waals surface area contributed by atoms with E-state index in [4.69, 9.17) is 9.73 Å². The van der Waals surface area contributed by atoms with Gasteiger partial charge in [0.25, 0.3) is 0 Å². The molecular formula is C18H36N4O3S. The number of methoxy groups -OCH3 is 1. The first kappa shape index (κ1) is 21.4. The summed E-state index contributed by atoms with van der Waals surface area (Å²) in [6.07, 6.45) is 2.32. The minimum atomic E-state index is -3.03. The molecule has 2 heterocycles. The Labute approximate surface area is 159 Å². The van der Waals surface area contributed by atoms with Crippen molar-refractivity contribution in [3.05, 3.63) is 0 Å². The van der Waals surface area contributed by atoms with Crippen molar-refractivity contribution in [2.75, 3.05) is 65.3 Å². The lowest BCUT2D eigenvalue weighted by atomic mass is 9.97. The van der Waals surface area contributed by atoms with E-state index >= 15 is 0 Å². The Balaban J connectivity index is 1.91. The Morgan fingerprint density at radius 2 is 1.96 bits per heavy atom. The standard InChI is InChI=1S/C18H36N4O3S/c1-5-19-17(22-11-13-26(23,24)18(2,3)15-22)20-14-16-6-8-21(9-7-16)10-12-25-4/h16H,5-15H2,1-4H3,(H,19,20). The maximum Gasteiger partial charge on any atom is 0.194 e. The minimum absolute atomic E-state index is 0.197. The third kappa shape index (κ3) is 5.57. The number of piperidine rings is 1. The summed E-state index contributed by atoms with van der Waals surface area (Å²) in [5.74, 6) is 1.66. The fraction of sp³-hybridized carbons (Fsp3) is 0.944. The van der Waals surface area contributed by atoms with Crippen molar-refractivity contribution < 1.29 is 13.2 Å². The zero-order chi connectivity index (χ0) is 19.2. The van der Waals surface area contributed by atoms with Gasteiger partial charge in [-0.3, -0.25) is 4.99 Å². The van der Waals surface area contributed by atoms with Crippen LogP contribution in [0.4, 0.5) is 0 Å². The van der Waals surface area contributed by atoms with E-state index in [0.29, 0.717) is 19.0 Å². The summed E-state index contributed by atoms with van der Waals surface area (Å²) < 4.78 is 28.9. The fourth-order valence-corrected chi connectivity index (χ4v) is 4.94. The van der Waals surface area contributed by atoms with Crippen molar-refractivity contribution in [3.8, 4) is 0 Å². The molecule has 2 aliphatic rings. The molecule has 0 spiro atoms. The quantitative estimate of drug-likeness (QED) is 0.536. The lowest BCUT2D eigenvalue weighted by Gasteiger charge is -2.39. The summed E-state index contributed by atoms with van der Waals surface area (Å²) in [5, 5.41) is 3.35. The Morgan fingerprint density at radius 1 is 1.27 bits per heavy atom. The average molecular weight is 389 g/mol. The van der Waals surface area contributed by atoms with Crippen LogP contribution in [0.3, 0.4) is 0 Å². The van der Waals surface area contributed by atoms with Crippen LogP contribution >= 0.6 is 0 Å². The molecule has 2 fully saturated rings. The number of nitrogens with zero attached hydrogens (tertiary/aromatic N) is 3. The molecule has 7 nitrogen and oxygen atoms in total. The number of hydrogen-bond acceptors (Lipinski definition) is 5.